The Balaban J connectivity index is 2.41. The number of benzene rings is 1. The zero-order valence-electron chi connectivity index (χ0n) is 9.60. The van der Waals surface area contributed by atoms with Gasteiger partial charge in [0.1, 0.15) is 5.78 Å². The summed E-state index contributed by atoms with van der Waals surface area (Å²) in [5, 5.41) is 0.504. The summed E-state index contributed by atoms with van der Waals surface area (Å²) in [7, 11) is 0. The SMILES string of the molecule is CC(=O)CC(=O)c1ccc2c(c1)C(=O)N(N)C2=O. The smallest absolute Gasteiger partial charge is 0.275 e. The van der Waals surface area contributed by atoms with Crippen LogP contribution in [0.25, 0.3) is 0 Å². The second kappa shape index (κ2) is 4.15. The van der Waals surface area contributed by atoms with Crippen LogP contribution in [0.5, 0.6) is 0 Å². The van der Waals surface area contributed by atoms with Crippen molar-refractivity contribution in [2.75, 3.05) is 0 Å². The standard InChI is InChI=1S/C12H10N2O4/c1-6(15)4-10(16)7-2-3-8-9(5-7)12(18)14(13)11(8)17/h2-3,5H,4,13H2,1H3. The van der Waals surface area contributed by atoms with Crippen LogP contribution in [0.4, 0.5) is 0 Å². The maximum absolute atomic E-state index is 11.7. The van der Waals surface area contributed by atoms with Crippen LogP contribution in [-0.2, 0) is 4.79 Å². The summed E-state index contributed by atoms with van der Waals surface area (Å²) in [6, 6.07) is 4.08. The fourth-order valence-corrected chi connectivity index (χ4v) is 1.76. The molecular weight excluding hydrogens is 236 g/mol. The molecule has 1 aromatic carbocycles. The first-order valence-corrected chi connectivity index (χ1v) is 5.22. The summed E-state index contributed by atoms with van der Waals surface area (Å²) in [6.07, 6.45) is -0.229. The summed E-state index contributed by atoms with van der Waals surface area (Å²) in [5.41, 5.74) is 0.485. The van der Waals surface area contributed by atoms with Gasteiger partial charge in [-0.25, -0.2) is 10.9 Å². The molecule has 0 radical (unpaired) electrons. The van der Waals surface area contributed by atoms with Gasteiger partial charge in [-0.3, -0.25) is 19.2 Å². The van der Waals surface area contributed by atoms with Crippen molar-refractivity contribution in [1.29, 1.82) is 0 Å². The highest BCUT2D eigenvalue weighted by Gasteiger charge is 2.34. The number of carbonyl (C=O) groups is 4. The van der Waals surface area contributed by atoms with Gasteiger partial charge in [-0.2, -0.15) is 0 Å². The molecule has 18 heavy (non-hydrogen) atoms. The van der Waals surface area contributed by atoms with Gasteiger partial charge in [0.05, 0.1) is 17.5 Å². The third kappa shape index (κ3) is 1.82. The van der Waals surface area contributed by atoms with E-state index in [-0.39, 0.29) is 34.7 Å². The average molecular weight is 246 g/mol. The van der Waals surface area contributed by atoms with E-state index < -0.39 is 11.8 Å². The van der Waals surface area contributed by atoms with Gasteiger partial charge in [-0.15, -0.1) is 0 Å². The molecule has 0 saturated heterocycles. The van der Waals surface area contributed by atoms with Crippen LogP contribution in [0.3, 0.4) is 0 Å². The fourth-order valence-electron chi connectivity index (χ4n) is 1.76. The first kappa shape index (κ1) is 12.1. The Morgan fingerprint density at radius 3 is 2.39 bits per heavy atom. The van der Waals surface area contributed by atoms with E-state index in [1.54, 1.807) is 0 Å². The molecule has 0 saturated carbocycles. The molecule has 2 N–H and O–H groups in total. The van der Waals surface area contributed by atoms with Crippen LogP contribution >= 0.6 is 0 Å². The Hall–Kier alpha value is -2.34. The summed E-state index contributed by atoms with van der Waals surface area (Å²) in [4.78, 5) is 45.6. The second-order valence-electron chi connectivity index (χ2n) is 4.04. The molecule has 0 aromatic heterocycles. The van der Waals surface area contributed by atoms with Gasteiger partial charge < -0.3 is 0 Å². The normalized spacial score (nSPS) is 13.8. The molecule has 1 heterocycles. The summed E-state index contributed by atoms with van der Waals surface area (Å²) in [5.74, 6) is 3.38. The van der Waals surface area contributed by atoms with Crippen LogP contribution in [0.2, 0.25) is 0 Å². The topological polar surface area (TPSA) is 97.5 Å². The molecule has 0 fully saturated rings. The number of hydrogen-bond donors (Lipinski definition) is 1. The number of ketones is 2. The number of hydrazine groups is 1. The summed E-state index contributed by atoms with van der Waals surface area (Å²) in [6.45, 7) is 1.31. The molecular formula is C12H10N2O4. The van der Waals surface area contributed by atoms with Gasteiger partial charge in [0, 0.05) is 5.56 Å². The van der Waals surface area contributed by atoms with Gasteiger partial charge in [-0.05, 0) is 19.1 Å². The predicted octanol–water partition coefficient (Wildman–Crippen LogP) is 0.318. The molecule has 0 aliphatic carbocycles. The van der Waals surface area contributed by atoms with E-state index in [0.717, 1.165) is 0 Å². The monoisotopic (exact) mass is 246 g/mol. The molecule has 6 nitrogen and oxygen atoms in total. The quantitative estimate of drug-likeness (QED) is 0.272. The molecule has 0 atom stereocenters. The van der Waals surface area contributed by atoms with E-state index in [4.69, 9.17) is 5.84 Å². The van der Waals surface area contributed by atoms with Gasteiger partial charge >= 0.3 is 0 Å². The zero-order chi connectivity index (χ0) is 13.4. The lowest BCUT2D eigenvalue weighted by molar-refractivity contribution is -0.116. The number of imide groups is 1. The molecule has 92 valence electrons. The van der Waals surface area contributed by atoms with Gasteiger partial charge in [0.2, 0.25) is 0 Å². The fraction of sp³-hybridized carbons (Fsp3) is 0.167. The molecule has 2 amide bonds. The molecule has 1 aliphatic heterocycles. The highest BCUT2D eigenvalue weighted by Crippen LogP contribution is 2.22. The van der Waals surface area contributed by atoms with Crippen molar-refractivity contribution < 1.29 is 19.2 Å². The molecule has 2 rings (SSSR count). The third-order valence-electron chi connectivity index (χ3n) is 2.65. The van der Waals surface area contributed by atoms with Crippen LogP contribution < -0.4 is 5.84 Å². The number of Topliss-reactive ketones (excluding diaryl/α,β-unsaturated/α-hetero) is 2. The van der Waals surface area contributed by atoms with Gasteiger partial charge in [0.25, 0.3) is 11.8 Å². The Morgan fingerprint density at radius 1 is 1.17 bits per heavy atom. The lowest BCUT2D eigenvalue weighted by atomic mass is 10.0. The summed E-state index contributed by atoms with van der Waals surface area (Å²) < 4.78 is 0. The van der Waals surface area contributed by atoms with Crippen molar-refractivity contribution in [2.45, 2.75) is 13.3 Å². The minimum atomic E-state index is -0.646. The zero-order valence-corrected chi connectivity index (χ0v) is 9.60. The van der Waals surface area contributed by atoms with E-state index in [1.807, 2.05) is 0 Å². The largest absolute Gasteiger partial charge is 0.300 e. The van der Waals surface area contributed by atoms with Crippen LogP contribution in [0.1, 0.15) is 44.4 Å². The number of carbonyl (C=O) groups excluding carboxylic acids is 4. The van der Waals surface area contributed by atoms with Crippen LogP contribution in [-0.4, -0.2) is 28.4 Å². The van der Waals surface area contributed by atoms with E-state index >= 15 is 0 Å². The van der Waals surface area contributed by atoms with Crippen LogP contribution in [0.15, 0.2) is 18.2 Å². The van der Waals surface area contributed by atoms with Crippen LogP contribution in [0, 0.1) is 0 Å². The molecule has 0 unspecified atom stereocenters. The summed E-state index contributed by atoms with van der Waals surface area (Å²) >= 11 is 0. The Morgan fingerprint density at radius 2 is 1.78 bits per heavy atom. The highest BCUT2D eigenvalue weighted by atomic mass is 16.2. The van der Waals surface area contributed by atoms with E-state index in [0.29, 0.717) is 5.01 Å². The van der Waals surface area contributed by atoms with Crippen molar-refractivity contribution >= 4 is 23.4 Å². The van der Waals surface area contributed by atoms with Crippen molar-refractivity contribution in [3.05, 3.63) is 34.9 Å². The molecule has 0 bridgehead atoms. The lowest BCUT2D eigenvalue weighted by Crippen LogP contribution is -2.36. The number of nitrogens with two attached hydrogens (primary N) is 1. The van der Waals surface area contributed by atoms with E-state index in [1.165, 1.54) is 25.1 Å². The maximum Gasteiger partial charge on any atom is 0.275 e. The molecule has 1 aliphatic rings. The van der Waals surface area contributed by atoms with Crippen molar-refractivity contribution in [2.24, 2.45) is 5.84 Å². The maximum atomic E-state index is 11.7. The minimum absolute atomic E-state index is 0.0944. The lowest BCUT2D eigenvalue weighted by Gasteiger charge is -2.02. The predicted molar refractivity (Wildman–Crippen MR) is 60.8 cm³/mol. The van der Waals surface area contributed by atoms with Gasteiger partial charge in [-0.1, -0.05) is 6.07 Å². The number of nitrogens with zero attached hydrogens (tertiary/aromatic N) is 1. The third-order valence-corrected chi connectivity index (χ3v) is 2.65. The number of fused-ring (bicyclic) bond motifs is 1. The Bertz CT molecular complexity index is 592. The first-order valence-electron chi connectivity index (χ1n) is 5.22. The Labute approximate surface area is 102 Å². The minimum Gasteiger partial charge on any atom is -0.300 e. The number of rotatable bonds is 3. The van der Waals surface area contributed by atoms with E-state index in [2.05, 4.69) is 0 Å². The van der Waals surface area contributed by atoms with E-state index in [9.17, 15) is 19.2 Å². The number of amides is 2. The number of hydrogen-bond acceptors (Lipinski definition) is 5. The van der Waals surface area contributed by atoms with Crippen molar-refractivity contribution in [3.8, 4) is 0 Å². The molecule has 6 heteroatoms. The molecule has 0 spiro atoms. The van der Waals surface area contributed by atoms with Crippen molar-refractivity contribution in [1.82, 2.24) is 5.01 Å². The highest BCUT2D eigenvalue weighted by molar-refractivity contribution is 6.21. The van der Waals surface area contributed by atoms with Gasteiger partial charge in [0.15, 0.2) is 5.78 Å². The average Bonchev–Trinajstić information content (AvgIpc) is 2.53. The molecule has 1 aromatic rings. The first-order chi connectivity index (χ1) is 8.41. The van der Waals surface area contributed by atoms with Crippen molar-refractivity contribution in [3.63, 3.8) is 0 Å². The Kier molecular flexibility index (Phi) is 2.80. The second-order valence-corrected chi connectivity index (χ2v) is 4.04.